The maximum absolute atomic E-state index is 12.9. The number of aryl methyl sites for hydroxylation is 1. The van der Waals surface area contributed by atoms with E-state index in [-0.39, 0.29) is 24.9 Å². The molecule has 0 fully saturated rings. The number of hydrogen-bond acceptors (Lipinski definition) is 8. The van der Waals surface area contributed by atoms with Crippen molar-refractivity contribution in [3.05, 3.63) is 76.4 Å². The Labute approximate surface area is 219 Å². The lowest BCUT2D eigenvalue weighted by Crippen LogP contribution is -2.27. The minimum atomic E-state index is -4.54. The monoisotopic (exact) mass is 551 g/mol. The molecule has 9 nitrogen and oxygen atoms in total. The highest BCUT2D eigenvalue weighted by atomic mass is 32.2. The number of sulfonamides is 1. The van der Waals surface area contributed by atoms with E-state index < -0.39 is 21.9 Å². The van der Waals surface area contributed by atoms with Gasteiger partial charge in [0, 0.05) is 33.0 Å². The quantitative estimate of drug-likeness (QED) is 0.317. The molecule has 0 aliphatic heterocycles. The zero-order valence-electron chi connectivity index (χ0n) is 21.0. The van der Waals surface area contributed by atoms with Gasteiger partial charge in [-0.15, -0.1) is 0 Å². The summed E-state index contributed by atoms with van der Waals surface area (Å²) in [6.45, 7) is 2.44. The van der Waals surface area contributed by atoms with Gasteiger partial charge >= 0.3 is 6.18 Å². The number of benzene rings is 1. The number of oxazole rings is 1. The number of rotatable bonds is 13. The van der Waals surface area contributed by atoms with Crippen molar-refractivity contribution in [3.63, 3.8) is 0 Å². The van der Waals surface area contributed by atoms with E-state index in [1.165, 1.54) is 13.2 Å². The van der Waals surface area contributed by atoms with Gasteiger partial charge in [-0.3, -0.25) is 4.98 Å². The molecule has 0 saturated heterocycles. The zero-order chi connectivity index (χ0) is 27.8. The Morgan fingerprint density at radius 2 is 1.87 bits per heavy atom. The predicted octanol–water partition coefficient (Wildman–Crippen LogP) is 3.97. The van der Waals surface area contributed by atoms with E-state index in [2.05, 4.69) is 20.8 Å². The van der Waals surface area contributed by atoms with Crippen molar-refractivity contribution < 1.29 is 30.7 Å². The molecular formula is C25H28F3N5O4S. The first-order valence-corrected chi connectivity index (χ1v) is 13.3. The van der Waals surface area contributed by atoms with Gasteiger partial charge in [0.15, 0.2) is 0 Å². The normalized spacial score (nSPS) is 11.9. The molecule has 204 valence electrons. The topological polar surface area (TPSA) is 121 Å². The van der Waals surface area contributed by atoms with Crippen LogP contribution in [0.1, 0.15) is 40.3 Å². The fourth-order valence-electron chi connectivity index (χ4n) is 3.51. The Morgan fingerprint density at radius 1 is 1.16 bits per heavy atom. The third-order valence-electron chi connectivity index (χ3n) is 5.61. The Hall–Kier alpha value is -3.47. The van der Waals surface area contributed by atoms with Crippen molar-refractivity contribution in [3.8, 4) is 6.07 Å². The summed E-state index contributed by atoms with van der Waals surface area (Å²) < 4.78 is 76.5. The molecule has 0 unspecified atom stereocenters. The van der Waals surface area contributed by atoms with E-state index in [0.29, 0.717) is 48.6 Å². The third kappa shape index (κ3) is 8.54. The van der Waals surface area contributed by atoms with Crippen molar-refractivity contribution in [1.82, 2.24) is 14.7 Å². The zero-order valence-corrected chi connectivity index (χ0v) is 21.8. The van der Waals surface area contributed by atoms with Crippen LogP contribution < -0.4 is 9.62 Å². The molecular weight excluding hydrogens is 523 g/mol. The van der Waals surface area contributed by atoms with Crippen molar-refractivity contribution in [2.24, 2.45) is 0 Å². The van der Waals surface area contributed by atoms with E-state index in [1.807, 2.05) is 12.1 Å². The SMILES string of the molecule is COCCCS(=O)(=O)NCc1nc(N(CCc2ccc(C#N)cc2)Cc2ccc(C(F)(F)F)nc2)oc1C. The Balaban J connectivity index is 1.78. The minimum Gasteiger partial charge on any atom is -0.429 e. The van der Waals surface area contributed by atoms with Crippen molar-refractivity contribution >= 4 is 16.0 Å². The van der Waals surface area contributed by atoms with Gasteiger partial charge in [-0.05, 0) is 49.1 Å². The van der Waals surface area contributed by atoms with Crippen LogP contribution in [0.15, 0.2) is 47.0 Å². The summed E-state index contributed by atoms with van der Waals surface area (Å²) in [7, 11) is -2.05. The Bertz CT molecular complexity index is 1340. The second kappa shape index (κ2) is 12.9. The first-order chi connectivity index (χ1) is 18.0. The van der Waals surface area contributed by atoms with E-state index in [4.69, 9.17) is 14.4 Å². The molecule has 2 aromatic heterocycles. The molecule has 3 rings (SSSR count). The molecule has 0 aliphatic carbocycles. The summed E-state index contributed by atoms with van der Waals surface area (Å²) in [6.07, 6.45) is -2.51. The number of nitrogens with zero attached hydrogens (tertiary/aromatic N) is 4. The van der Waals surface area contributed by atoms with Gasteiger partial charge < -0.3 is 14.1 Å². The van der Waals surface area contributed by atoms with Gasteiger partial charge in [0.25, 0.3) is 6.01 Å². The van der Waals surface area contributed by atoms with Crippen LogP contribution in [0.2, 0.25) is 0 Å². The maximum Gasteiger partial charge on any atom is 0.433 e. The van der Waals surface area contributed by atoms with Gasteiger partial charge in [-0.25, -0.2) is 13.1 Å². The van der Waals surface area contributed by atoms with Crippen LogP contribution in [-0.4, -0.2) is 44.4 Å². The third-order valence-corrected chi connectivity index (χ3v) is 7.03. The average Bonchev–Trinajstić information content (AvgIpc) is 3.26. The summed E-state index contributed by atoms with van der Waals surface area (Å²) in [5, 5.41) is 9.00. The first-order valence-electron chi connectivity index (χ1n) is 11.7. The number of anilines is 1. The number of methoxy groups -OCH3 is 1. The van der Waals surface area contributed by atoms with Crippen LogP contribution in [0, 0.1) is 18.3 Å². The molecule has 13 heteroatoms. The molecule has 0 saturated carbocycles. The Kier molecular flexibility index (Phi) is 9.84. The second-order valence-corrected chi connectivity index (χ2v) is 10.4. The predicted molar refractivity (Wildman–Crippen MR) is 134 cm³/mol. The number of nitrogens with one attached hydrogen (secondary N) is 1. The molecule has 0 amide bonds. The van der Waals surface area contributed by atoms with Gasteiger partial charge in [0.2, 0.25) is 10.0 Å². The number of pyridine rings is 1. The molecule has 2 heterocycles. The van der Waals surface area contributed by atoms with E-state index in [9.17, 15) is 21.6 Å². The van der Waals surface area contributed by atoms with Crippen LogP contribution >= 0.6 is 0 Å². The summed E-state index contributed by atoms with van der Waals surface area (Å²) in [6, 6.07) is 11.6. The summed E-state index contributed by atoms with van der Waals surface area (Å²) >= 11 is 0. The molecule has 38 heavy (non-hydrogen) atoms. The largest absolute Gasteiger partial charge is 0.433 e. The standard InChI is InChI=1S/C25H28F3N5O4S/c1-18-22(16-31-38(34,35)13-3-12-36-2)32-24(37-18)33(11-10-19-4-6-20(14-29)7-5-19)17-21-8-9-23(30-15-21)25(26,27)28/h4-9,15,31H,3,10-13,16-17H2,1-2H3. The highest BCUT2D eigenvalue weighted by Crippen LogP contribution is 2.28. The fourth-order valence-corrected chi connectivity index (χ4v) is 4.51. The van der Waals surface area contributed by atoms with Gasteiger partial charge in [-0.1, -0.05) is 18.2 Å². The molecule has 0 bridgehead atoms. The Morgan fingerprint density at radius 3 is 2.47 bits per heavy atom. The van der Waals surface area contributed by atoms with Crippen molar-refractivity contribution in [1.29, 1.82) is 5.26 Å². The smallest absolute Gasteiger partial charge is 0.429 e. The number of aromatic nitrogens is 2. The number of nitriles is 1. The van der Waals surface area contributed by atoms with Gasteiger partial charge in [-0.2, -0.15) is 23.4 Å². The lowest BCUT2D eigenvalue weighted by molar-refractivity contribution is -0.141. The molecule has 3 aromatic rings. The van der Waals surface area contributed by atoms with E-state index >= 15 is 0 Å². The number of halogens is 3. The van der Waals surface area contributed by atoms with Crippen LogP contribution in [0.4, 0.5) is 19.2 Å². The van der Waals surface area contributed by atoms with Crippen LogP contribution in [0.3, 0.4) is 0 Å². The van der Waals surface area contributed by atoms with E-state index in [1.54, 1.807) is 24.0 Å². The molecule has 0 atom stereocenters. The summed E-state index contributed by atoms with van der Waals surface area (Å²) in [4.78, 5) is 9.73. The molecule has 0 radical (unpaired) electrons. The lowest BCUT2D eigenvalue weighted by atomic mass is 10.1. The maximum atomic E-state index is 12.9. The lowest BCUT2D eigenvalue weighted by Gasteiger charge is -2.21. The molecule has 1 aromatic carbocycles. The second-order valence-electron chi connectivity index (χ2n) is 8.52. The van der Waals surface area contributed by atoms with Gasteiger partial charge in [0.05, 0.1) is 29.6 Å². The van der Waals surface area contributed by atoms with Crippen LogP contribution in [-0.2, 0) is 40.4 Å². The minimum absolute atomic E-state index is 0.0735. The number of alkyl halides is 3. The molecule has 1 N–H and O–H groups in total. The van der Waals surface area contributed by atoms with E-state index in [0.717, 1.165) is 17.8 Å². The number of hydrogen-bond donors (Lipinski definition) is 1. The van der Waals surface area contributed by atoms with Crippen molar-refractivity contribution in [2.75, 3.05) is 30.9 Å². The van der Waals surface area contributed by atoms with Gasteiger partial charge in [0.1, 0.15) is 11.5 Å². The fraction of sp³-hybridized carbons (Fsp3) is 0.400. The van der Waals surface area contributed by atoms with Crippen molar-refractivity contribution in [2.45, 2.75) is 39.0 Å². The average molecular weight is 552 g/mol. The summed E-state index contributed by atoms with van der Waals surface area (Å²) in [5.41, 5.74) is 1.38. The summed E-state index contributed by atoms with van der Waals surface area (Å²) in [5.74, 6) is 0.316. The highest BCUT2D eigenvalue weighted by molar-refractivity contribution is 7.89. The van der Waals surface area contributed by atoms with Crippen LogP contribution in [0.25, 0.3) is 0 Å². The molecule has 0 spiro atoms. The van der Waals surface area contributed by atoms with Crippen LogP contribution in [0.5, 0.6) is 0 Å². The first kappa shape index (κ1) is 29.1. The highest BCUT2D eigenvalue weighted by Gasteiger charge is 2.32. The number of ether oxygens (including phenoxy) is 1. The molecule has 0 aliphatic rings.